The van der Waals surface area contributed by atoms with Crippen LogP contribution in [0, 0.1) is 6.92 Å². The van der Waals surface area contributed by atoms with Crippen molar-refractivity contribution in [1.82, 2.24) is 19.3 Å². The van der Waals surface area contributed by atoms with Crippen molar-refractivity contribution in [2.24, 2.45) is 0 Å². The van der Waals surface area contributed by atoms with Crippen molar-refractivity contribution in [3.8, 4) is 11.4 Å². The Morgan fingerprint density at radius 3 is 2.45 bits per heavy atom. The molecule has 1 atom stereocenters. The van der Waals surface area contributed by atoms with Gasteiger partial charge in [0.25, 0.3) is 0 Å². The summed E-state index contributed by atoms with van der Waals surface area (Å²) in [5, 5.41) is 18.3. The van der Waals surface area contributed by atoms with Crippen LogP contribution in [0.4, 0.5) is 0 Å². The lowest BCUT2D eigenvalue weighted by molar-refractivity contribution is -0.140. The molecule has 1 aromatic heterocycles. The van der Waals surface area contributed by atoms with Crippen molar-refractivity contribution in [3.05, 3.63) is 42.0 Å². The van der Waals surface area contributed by atoms with Crippen molar-refractivity contribution in [2.75, 3.05) is 13.7 Å². The zero-order chi connectivity index (χ0) is 20.8. The Hall–Kier alpha value is -2.98. The Kier molecular flexibility index (Phi) is 4.75. The maximum atomic E-state index is 13.4. The SMILES string of the molecule is COc1c(-n2nc3ccccc3n2)cc(C)cc1S(=O)(=O)N1CCC[C@@H]1C(=O)O. The molecule has 0 amide bonds. The number of hydrogen-bond acceptors (Lipinski definition) is 6. The quantitative estimate of drug-likeness (QED) is 0.676. The van der Waals surface area contributed by atoms with E-state index in [1.54, 1.807) is 25.1 Å². The number of ether oxygens (including phenoxy) is 1. The highest BCUT2D eigenvalue weighted by Gasteiger charge is 2.41. The van der Waals surface area contributed by atoms with Crippen LogP contribution in [0.2, 0.25) is 0 Å². The predicted octanol–water partition coefficient (Wildman–Crippen LogP) is 1.98. The third-order valence-corrected chi connectivity index (χ3v) is 6.87. The number of carbonyl (C=O) groups is 1. The van der Waals surface area contributed by atoms with Gasteiger partial charge in [0.05, 0.1) is 7.11 Å². The Morgan fingerprint density at radius 2 is 1.86 bits per heavy atom. The number of carboxylic acid groups (broad SMARTS) is 1. The molecular formula is C19H20N4O5S. The fourth-order valence-electron chi connectivity index (χ4n) is 3.64. The second-order valence-electron chi connectivity index (χ2n) is 6.91. The van der Waals surface area contributed by atoms with Crippen LogP contribution in [-0.2, 0) is 14.8 Å². The molecule has 29 heavy (non-hydrogen) atoms. The van der Waals surface area contributed by atoms with Gasteiger partial charge in [-0.1, -0.05) is 12.1 Å². The number of aromatic nitrogens is 3. The predicted molar refractivity (Wildman–Crippen MR) is 105 cm³/mol. The maximum absolute atomic E-state index is 13.4. The van der Waals surface area contributed by atoms with E-state index in [4.69, 9.17) is 4.74 Å². The Morgan fingerprint density at radius 1 is 1.21 bits per heavy atom. The number of fused-ring (bicyclic) bond motifs is 1. The molecule has 152 valence electrons. The molecule has 1 fully saturated rings. The first-order valence-electron chi connectivity index (χ1n) is 9.08. The fourth-order valence-corrected chi connectivity index (χ4v) is 5.54. The van der Waals surface area contributed by atoms with Gasteiger partial charge in [-0.2, -0.15) is 4.31 Å². The Labute approximate surface area is 167 Å². The van der Waals surface area contributed by atoms with Gasteiger partial charge in [-0.05, 0) is 49.6 Å². The molecule has 3 aromatic rings. The third kappa shape index (κ3) is 3.23. The van der Waals surface area contributed by atoms with Crippen LogP contribution in [0.3, 0.4) is 0 Å². The van der Waals surface area contributed by atoms with E-state index >= 15 is 0 Å². The topological polar surface area (TPSA) is 115 Å². The lowest BCUT2D eigenvalue weighted by atomic mass is 10.2. The van der Waals surface area contributed by atoms with Crippen LogP contribution in [0.25, 0.3) is 16.7 Å². The first kappa shape index (κ1) is 19.3. The van der Waals surface area contributed by atoms with Crippen LogP contribution >= 0.6 is 0 Å². The minimum absolute atomic E-state index is 0.0759. The summed E-state index contributed by atoms with van der Waals surface area (Å²) in [6, 6.07) is 9.42. The molecule has 1 aliphatic heterocycles. The van der Waals surface area contributed by atoms with Crippen molar-refractivity contribution in [1.29, 1.82) is 0 Å². The maximum Gasteiger partial charge on any atom is 0.322 e. The van der Waals surface area contributed by atoms with E-state index in [9.17, 15) is 18.3 Å². The summed E-state index contributed by atoms with van der Waals surface area (Å²) < 4.78 is 33.2. The number of benzene rings is 2. The summed E-state index contributed by atoms with van der Waals surface area (Å²) >= 11 is 0. The number of methoxy groups -OCH3 is 1. The molecule has 10 heteroatoms. The molecule has 4 rings (SSSR count). The number of aliphatic carboxylic acids is 1. The number of carboxylic acids is 1. The van der Waals surface area contributed by atoms with E-state index in [1.807, 2.05) is 12.1 Å². The Balaban J connectivity index is 1.90. The number of rotatable bonds is 5. The standard InChI is InChI=1S/C19H20N4O5S/c1-12-10-16(23-20-13-6-3-4-7-14(13)21-23)18(28-2)17(11-12)29(26,27)22-9-5-8-15(22)19(24)25/h3-4,6-7,10-11,15H,5,8-9H2,1-2H3,(H,24,25)/t15-/m1/s1. The smallest absolute Gasteiger partial charge is 0.322 e. The summed E-state index contributed by atoms with van der Waals surface area (Å²) in [5.74, 6) is -1.08. The summed E-state index contributed by atoms with van der Waals surface area (Å²) in [6.07, 6.45) is 0.769. The molecule has 0 spiro atoms. The minimum atomic E-state index is -4.10. The molecule has 0 radical (unpaired) electrons. The van der Waals surface area contributed by atoms with Crippen LogP contribution in [-0.4, -0.2) is 58.5 Å². The molecule has 9 nitrogen and oxygen atoms in total. The summed E-state index contributed by atoms with van der Waals surface area (Å²) in [6.45, 7) is 1.90. The lowest BCUT2D eigenvalue weighted by Gasteiger charge is -2.23. The molecule has 2 aromatic carbocycles. The number of aryl methyl sites for hydroxylation is 1. The minimum Gasteiger partial charge on any atom is -0.493 e. The number of nitrogens with zero attached hydrogens (tertiary/aromatic N) is 4. The van der Waals surface area contributed by atoms with Crippen molar-refractivity contribution in [2.45, 2.75) is 30.7 Å². The molecule has 0 aliphatic carbocycles. The number of sulfonamides is 1. The fraction of sp³-hybridized carbons (Fsp3) is 0.316. The van der Waals surface area contributed by atoms with Gasteiger partial charge in [-0.3, -0.25) is 4.79 Å². The second-order valence-corrected chi connectivity index (χ2v) is 8.76. The van der Waals surface area contributed by atoms with Gasteiger partial charge < -0.3 is 9.84 Å². The molecule has 2 heterocycles. The first-order valence-corrected chi connectivity index (χ1v) is 10.5. The van der Waals surface area contributed by atoms with Crippen LogP contribution in [0.5, 0.6) is 5.75 Å². The number of hydrogen-bond donors (Lipinski definition) is 1. The molecule has 0 saturated carbocycles. The normalized spacial score (nSPS) is 17.7. The largest absolute Gasteiger partial charge is 0.493 e. The van der Waals surface area contributed by atoms with E-state index in [-0.39, 0.29) is 23.6 Å². The molecular weight excluding hydrogens is 396 g/mol. The second kappa shape index (κ2) is 7.12. The van der Waals surface area contributed by atoms with Crippen LogP contribution < -0.4 is 4.74 Å². The van der Waals surface area contributed by atoms with Gasteiger partial charge in [-0.25, -0.2) is 8.42 Å². The summed E-state index contributed by atoms with van der Waals surface area (Å²) in [5.41, 5.74) is 2.34. The zero-order valence-corrected chi connectivity index (χ0v) is 16.8. The highest BCUT2D eigenvalue weighted by atomic mass is 32.2. The average molecular weight is 416 g/mol. The van der Waals surface area contributed by atoms with Crippen molar-refractivity contribution >= 4 is 27.0 Å². The average Bonchev–Trinajstić information content (AvgIpc) is 3.34. The molecule has 1 saturated heterocycles. The summed E-state index contributed by atoms with van der Waals surface area (Å²) in [7, 11) is -2.73. The monoisotopic (exact) mass is 416 g/mol. The van der Waals surface area contributed by atoms with Crippen LogP contribution in [0.1, 0.15) is 18.4 Å². The van der Waals surface area contributed by atoms with Gasteiger partial charge in [-0.15, -0.1) is 15.0 Å². The van der Waals surface area contributed by atoms with Crippen molar-refractivity contribution < 1.29 is 23.1 Å². The van der Waals surface area contributed by atoms with E-state index in [0.29, 0.717) is 28.7 Å². The van der Waals surface area contributed by atoms with Gasteiger partial charge in [0, 0.05) is 6.54 Å². The van der Waals surface area contributed by atoms with E-state index in [2.05, 4.69) is 10.2 Å². The summed E-state index contributed by atoms with van der Waals surface area (Å²) in [4.78, 5) is 12.8. The zero-order valence-electron chi connectivity index (χ0n) is 15.9. The van der Waals surface area contributed by atoms with Gasteiger partial charge in [0.2, 0.25) is 10.0 Å². The molecule has 0 unspecified atom stereocenters. The van der Waals surface area contributed by atoms with E-state index < -0.39 is 22.0 Å². The van der Waals surface area contributed by atoms with Crippen molar-refractivity contribution in [3.63, 3.8) is 0 Å². The highest BCUT2D eigenvalue weighted by Crippen LogP contribution is 2.36. The van der Waals surface area contributed by atoms with Gasteiger partial charge in [0.1, 0.15) is 27.7 Å². The molecule has 1 aliphatic rings. The van der Waals surface area contributed by atoms with E-state index in [0.717, 1.165) is 4.31 Å². The van der Waals surface area contributed by atoms with E-state index in [1.165, 1.54) is 18.0 Å². The third-order valence-electron chi connectivity index (χ3n) is 4.96. The van der Waals surface area contributed by atoms with Crippen LogP contribution in [0.15, 0.2) is 41.3 Å². The molecule has 1 N–H and O–H groups in total. The first-order chi connectivity index (χ1) is 13.8. The Bertz CT molecular complexity index is 1170. The van der Waals surface area contributed by atoms with Gasteiger partial charge >= 0.3 is 5.97 Å². The van der Waals surface area contributed by atoms with Gasteiger partial charge in [0.15, 0.2) is 5.75 Å². The molecule has 0 bridgehead atoms. The highest BCUT2D eigenvalue weighted by molar-refractivity contribution is 7.89. The lowest BCUT2D eigenvalue weighted by Crippen LogP contribution is -2.40.